The molecule has 1 unspecified atom stereocenters. The number of anilines is 1. The average molecular weight is 290 g/mol. The van der Waals surface area contributed by atoms with Crippen LogP contribution in [0.3, 0.4) is 0 Å². The molecule has 4 nitrogen and oxygen atoms in total. The highest BCUT2D eigenvalue weighted by atomic mass is 19.4. The van der Waals surface area contributed by atoms with Crippen LogP contribution in [-0.2, 0) is 10.9 Å². The van der Waals surface area contributed by atoms with Crippen molar-refractivity contribution in [2.24, 2.45) is 0 Å². The van der Waals surface area contributed by atoms with E-state index in [-0.39, 0.29) is 11.6 Å². The van der Waals surface area contributed by atoms with E-state index in [0.717, 1.165) is 12.1 Å². The molecule has 0 radical (unpaired) electrons. The molecule has 0 bridgehead atoms. The number of hydrogen-bond donors (Lipinski definition) is 1. The monoisotopic (exact) mass is 290 g/mol. The third kappa shape index (κ3) is 3.63. The molecule has 2 N–H and O–H groups in total. The molecule has 0 aliphatic heterocycles. The Kier molecular flexibility index (Phi) is 4.99. The summed E-state index contributed by atoms with van der Waals surface area (Å²) in [6.45, 7) is 2.03. The second-order valence-electron chi connectivity index (χ2n) is 4.52. The third-order valence-corrected chi connectivity index (χ3v) is 3.00. The highest BCUT2D eigenvalue weighted by Crippen LogP contribution is 2.34. The first-order valence-corrected chi connectivity index (χ1v) is 5.91. The number of carbonyl (C=O) groups is 1. The molecule has 0 saturated heterocycles. The fourth-order valence-electron chi connectivity index (χ4n) is 1.69. The zero-order valence-corrected chi connectivity index (χ0v) is 11.5. The van der Waals surface area contributed by atoms with Crippen LogP contribution < -0.4 is 5.73 Å². The number of halogens is 3. The number of nitrogens with zero attached hydrogens (tertiary/aromatic N) is 1. The Labute approximate surface area is 115 Å². The van der Waals surface area contributed by atoms with Crippen LogP contribution in [-0.4, -0.2) is 37.6 Å². The molecule has 0 aromatic heterocycles. The zero-order chi connectivity index (χ0) is 15.5. The van der Waals surface area contributed by atoms with Gasteiger partial charge >= 0.3 is 6.18 Å². The van der Waals surface area contributed by atoms with Gasteiger partial charge in [0.15, 0.2) is 0 Å². The normalized spacial score (nSPS) is 13.1. The van der Waals surface area contributed by atoms with E-state index in [2.05, 4.69) is 0 Å². The number of amides is 1. The molecule has 1 atom stereocenters. The van der Waals surface area contributed by atoms with Gasteiger partial charge in [-0.3, -0.25) is 4.79 Å². The lowest BCUT2D eigenvalue weighted by Gasteiger charge is -2.24. The summed E-state index contributed by atoms with van der Waals surface area (Å²) >= 11 is 0. The van der Waals surface area contributed by atoms with E-state index in [1.54, 1.807) is 6.92 Å². The number of nitrogens with two attached hydrogens (primary N) is 1. The number of carbonyl (C=O) groups excluding carboxylic acids is 1. The molecular formula is C13H17F3N2O2. The van der Waals surface area contributed by atoms with E-state index in [1.165, 1.54) is 25.1 Å². The second kappa shape index (κ2) is 6.13. The van der Waals surface area contributed by atoms with Gasteiger partial charge < -0.3 is 15.4 Å². The van der Waals surface area contributed by atoms with Crippen LogP contribution in [0.15, 0.2) is 18.2 Å². The first-order valence-electron chi connectivity index (χ1n) is 5.91. The van der Waals surface area contributed by atoms with Crippen molar-refractivity contribution in [1.29, 1.82) is 0 Å². The van der Waals surface area contributed by atoms with Crippen molar-refractivity contribution in [1.82, 2.24) is 4.90 Å². The Morgan fingerprint density at radius 2 is 2.05 bits per heavy atom. The van der Waals surface area contributed by atoms with E-state index in [0.29, 0.717) is 6.61 Å². The fraction of sp³-hybridized carbons (Fsp3) is 0.462. The van der Waals surface area contributed by atoms with Gasteiger partial charge in [-0.05, 0) is 25.1 Å². The van der Waals surface area contributed by atoms with Gasteiger partial charge in [0, 0.05) is 25.4 Å². The number of nitrogen functional groups attached to an aromatic ring is 1. The van der Waals surface area contributed by atoms with E-state index < -0.39 is 23.3 Å². The van der Waals surface area contributed by atoms with Crippen LogP contribution in [0.5, 0.6) is 0 Å². The molecule has 0 aliphatic rings. The molecule has 1 aromatic carbocycles. The topological polar surface area (TPSA) is 55.6 Å². The first kappa shape index (κ1) is 16.3. The van der Waals surface area contributed by atoms with E-state index in [4.69, 9.17) is 10.5 Å². The molecule has 0 spiro atoms. The van der Waals surface area contributed by atoms with Crippen LogP contribution in [0.25, 0.3) is 0 Å². The van der Waals surface area contributed by atoms with Gasteiger partial charge in [0.2, 0.25) is 0 Å². The molecule has 1 rings (SSSR count). The van der Waals surface area contributed by atoms with Crippen LogP contribution >= 0.6 is 0 Å². The van der Waals surface area contributed by atoms with E-state index in [9.17, 15) is 18.0 Å². The lowest BCUT2D eigenvalue weighted by Crippen LogP contribution is -2.37. The van der Waals surface area contributed by atoms with Crippen molar-refractivity contribution in [2.45, 2.75) is 19.1 Å². The standard InChI is InChI=1S/C13H17F3N2O2/c1-8(7-20-3)18(2)12(19)9-4-5-11(17)10(6-9)13(14,15)16/h4-6,8H,7,17H2,1-3H3. The Morgan fingerprint density at radius 1 is 1.45 bits per heavy atom. The second-order valence-corrected chi connectivity index (χ2v) is 4.52. The van der Waals surface area contributed by atoms with E-state index >= 15 is 0 Å². The van der Waals surface area contributed by atoms with Gasteiger partial charge in [0.25, 0.3) is 5.91 Å². The SMILES string of the molecule is COCC(C)N(C)C(=O)c1ccc(N)c(C(F)(F)F)c1. The van der Waals surface area contributed by atoms with E-state index in [1.807, 2.05) is 0 Å². The van der Waals surface area contributed by atoms with Crippen LogP contribution in [0, 0.1) is 0 Å². The molecule has 0 aliphatic carbocycles. The Bertz CT molecular complexity index is 489. The van der Waals surface area contributed by atoms with Crippen molar-refractivity contribution in [3.8, 4) is 0 Å². The molecular weight excluding hydrogens is 273 g/mol. The fourth-order valence-corrected chi connectivity index (χ4v) is 1.69. The van der Waals surface area contributed by atoms with Crippen LogP contribution in [0.2, 0.25) is 0 Å². The molecule has 0 fully saturated rings. The minimum absolute atomic E-state index is 0.0584. The van der Waals surface area contributed by atoms with Gasteiger partial charge in [-0.15, -0.1) is 0 Å². The number of likely N-dealkylation sites (N-methyl/N-ethyl adjacent to an activating group) is 1. The predicted octanol–water partition coefficient (Wildman–Crippen LogP) is 2.39. The van der Waals surface area contributed by atoms with Crippen molar-refractivity contribution in [3.63, 3.8) is 0 Å². The minimum Gasteiger partial charge on any atom is -0.398 e. The Balaban J connectivity index is 3.06. The lowest BCUT2D eigenvalue weighted by molar-refractivity contribution is -0.136. The van der Waals surface area contributed by atoms with Crippen molar-refractivity contribution >= 4 is 11.6 Å². The van der Waals surface area contributed by atoms with Gasteiger partial charge in [0.05, 0.1) is 18.2 Å². The minimum atomic E-state index is -4.59. The zero-order valence-electron chi connectivity index (χ0n) is 11.5. The summed E-state index contributed by atoms with van der Waals surface area (Å²) in [7, 11) is 3.00. The maximum Gasteiger partial charge on any atom is 0.418 e. The summed E-state index contributed by atoms with van der Waals surface area (Å²) in [5, 5.41) is 0. The highest BCUT2D eigenvalue weighted by molar-refractivity contribution is 5.95. The van der Waals surface area contributed by atoms with Gasteiger partial charge in [-0.25, -0.2) is 0 Å². The quantitative estimate of drug-likeness (QED) is 0.866. The number of alkyl halides is 3. The Morgan fingerprint density at radius 3 is 2.55 bits per heavy atom. The molecule has 1 amide bonds. The average Bonchev–Trinajstić information content (AvgIpc) is 2.36. The predicted molar refractivity (Wildman–Crippen MR) is 69.3 cm³/mol. The maximum atomic E-state index is 12.7. The number of benzene rings is 1. The van der Waals surface area contributed by atoms with Crippen molar-refractivity contribution < 1.29 is 22.7 Å². The van der Waals surface area contributed by atoms with Crippen molar-refractivity contribution in [2.75, 3.05) is 26.5 Å². The number of rotatable bonds is 4. The summed E-state index contributed by atoms with van der Waals surface area (Å²) < 4.78 is 43.2. The molecule has 0 heterocycles. The number of methoxy groups -OCH3 is 1. The smallest absolute Gasteiger partial charge is 0.398 e. The van der Waals surface area contributed by atoms with Gasteiger partial charge in [0.1, 0.15) is 0 Å². The molecule has 0 saturated carbocycles. The molecule has 20 heavy (non-hydrogen) atoms. The van der Waals surface area contributed by atoms with Gasteiger partial charge in [-0.1, -0.05) is 0 Å². The summed E-state index contributed by atoms with van der Waals surface area (Å²) in [4.78, 5) is 13.4. The van der Waals surface area contributed by atoms with Crippen LogP contribution in [0.4, 0.5) is 18.9 Å². The number of ether oxygens (including phenoxy) is 1. The molecule has 1 aromatic rings. The summed E-state index contributed by atoms with van der Waals surface area (Å²) in [5.41, 5.74) is 3.83. The maximum absolute atomic E-state index is 12.7. The van der Waals surface area contributed by atoms with Crippen molar-refractivity contribution in [3.05, 3.63) is 29.3 Å². The largest absolute Gasteiger partial charge is 0.418 e. The third-order valence-electron chi connectivity index (χ3n) is 3.00. The highest BCUT2D eigenvalue weighted by Gasteiger charge is 2.34. The Hall–Kier alpha value is -1.76. The molecule has 112 valence electrons. The lowest BCUT2D eigenvalue weighted by atomic mass is 10.1. The summed E-state index contributed by atoms with van der Waals surface area (Å²) in [6, 6.07) is 2.89. The van der Waals surface area contributed by atoms with Crippen LogP contribution in [0.1, 0.15) is 22.8 Å². The summed E-state index contributed by atoms with van der Waals surface area (Å²) in [5.74, 6) is -0.514. The first-order chi connectivity index (χ1) is 9.18. The molecule has 7 heteroatoms. The van der Waals surface area contributed by atoms with Gasteiger partial charge in [-0.2, -0.15) is 13.2 Å². The summed E-state index contributed by atoms with van der Waals surface area (Å²) in [6.07, 6.45) is -4.59. The number of hydrogen-bond acceptors (Lipinski definition) is 3.